The second-order valence-corrected chi connectivity index (χ2v) is 10.5. The van der Waals surface area contributed by atoms with Crippen LogP contribution in [0.1, 0.15) is 73.6 Å². The van der Waals surface area contributed by atoms with Gasteiger partial charge in [0.05, 0.1) is 16.6 Å². The van der Waals surface area contributed by atoms with Crippen LogP contribution in [-0.4, -0.2) is 32.7 Å². The number of aromatic nitrogens is 2. The summed E-state index contributed by atoms with van der Waals surface area (Å²) in [5.41, 5.74) is 6.33. The fraction of sp³-hybridized carbons (Fsp3) is 0.344. The maximum absolute atomic E-state index is 12.7. The molecule has 7 heteroatoms. The van der Waals surface area contributed by atoms with Crippen LogP contribution in [0.4, 0.5) is 10.5 Å². The van der Waals surface area contributed by atoms with E-state index in [1.165, 1.54) is 6.42 Å². The maximum Gasteiger partial charge on any atom is 0.336 e. The van der Waals surface area contributed by atoms with Crippen LogP contribution in [0.15, 0.2) is 60.7 Å². The third-order valence-corrected chi connectivity index (χ3v) is 7.59. The van der Waals surface area contributed by atoms with E-state index in [2.05, 4.69) is 28.2 Å². The summed E-state index contributed by atoms with van der Waals surface area (Å²) in [4.78, 5) is 29.5. The molecule has 1 aliphatic carbocycles. The SMILES string of the molecule is CCCCc1nc2ccc(NC(=O)NC3CCCCC3)cc2n1-c1ccc(-c2ccccc2C(=O)O)c(C)c1. The topological polar surface area (TPSA) is 96.3 Å². The summed E-state index contributed by atoms with van der Waals surface area (Å²) < 4.78 is 2.16. The zero-order chi connectivity index (χ0) is 27.4. The van der Waals surface area contributed by atoms with Gasteiger partial charge in [0, 0.05) is 23.8 Å². The van der Waals surface area contributed by atoms with E-state index in [1.54, 1.807) is 12.1 Å². The lowest BCUT2D eigenvalue weighted by Crippen LogP contribution is -2.39. The van der Waals surface area contributed by atoms with Crippen molar-refractivity contribution >= 4 is 28.7 Å². The fourth-order valence-electron chi connectivity index (χ4n) is 5.59. The van der Waals surface area contributed by atoms with Crippen molar-refractivity contribution in [3.63, 3.8) is 0 Å². The van der Waals surface area contributed by atoms with Crippen molar-refractivity contribution in [3.8, 4) is 16.8 Å². The first kappa shape index (κ1) is 26.5. The summed E-state index contributed by atoms with van der Waals surface area (Å²) in [5.74, 6) is 0.0258. The molecule has 1 fully saturated rings. The smallest absolute Gasteiger partial charge is 0.336 e. The molecule has 2 amide bonds. The van der Waals surface area contributed by atoms with Crippen LogP contribution >= 0.6 is 0 Å². The number of aryl methyl sites for hydroxylation is 2. The van der Waals surface area contributed by atoms with Gasteiger partial charge in [0.2, 0.25) is 0 Å². The third-order valence-electron chi connectivity index (χ3n) is 7.59. The van der Waals surface area contributed by atoms with Crippen LogP contribution in [0.2, 0.25) is 0 Å². The number of imidazole rings is 1. The van der Waals surface area contributed by atoms with Crippen molar-refractivity contribution in [2.24, 2.45) is 0 Å². The summed E-state index contributed by atoms with van der Waals surface area (Å²) in [6.45, 7) is 4.17. The van der Waals surface area contributed by atoms with Gasteiger partial charge in [-0.1, -0.05) is 56.9 Å². The number of aromatic carboxylic acids is 1. The molecule has 202 valence electrons. The Bertz CT molecular complexity index is 1500. The molecule has 0 saturated heterocycles. The van der Waals surface area contributed by atoms with Gasteiger partial charge in [-0.05, 0) is 79.3 Å². The highest BCUT2D eigenvalue weighted by Crippen LogP contribution is 2.31. The standard InChI is InChI=1S/C32H36N4O3/c1-3-4-14-30-35-28-18-15-23(34-32(39)33-22-10-6-5-7-11-22)20-29(28)36(30)24-16-17-25(21(2)19-24)26-12-8-9-13-27(26)31(37)38/h8-9,12-13,15-20,22H,3-7,10-11,14H2,1-2H3,(H,37,38)(H2,33,34,39). The Balaban J connectivity index is 1.50. The number of rotatable bonds is 8. The van der Waals surface area contributed by atoms with Gasteiger partial charge in [-0.15, -0.1) is 0 Å². The minimum Gasteiger partial charge on any atom is -0.478 e. The van der Waals surface area contributed by atoms with Gasteiger partial charge in [0.25, 0.3) is 0 Å². The molecule has 39 heavy (non-hydrogen) atoms. The van der Waals surface area contributed by atoms with Crippen molar-refractivity contribution in [2.45, 2.75) is 71.3 Å². The number of carboxylic acid groups (broad SMARTS) is 1. The number of amides is 2. The zero-order valence-corrected chi connectivity index (χ0v) is 22.7. The van der Waals surface area contributed by atoms with Gasteiger partial charge in [0.1, 0.15) is 5.82 Å². The number of fused-ring (bicyclic) bond motifs is 1. The fourth-order valence-corrected chi connectivity index (χ4v) is 5.59. The van der Waals surface area contributed by atoms with Gasteiger partial charge in [-0.3, -0.25) is 4.57 Å². The summed E-state index contributed by atoms with van der Waals surface area (Å²) in [5, 5.41) is 15.8. The molecule has 0 radical (unpaired) electrons. The number of hydrogen-bond acceptors (Lipinski definition) is 3. The normalized spacial score (nSPS) is 13.9. The molecule has 0 bridgehead atoms. The van der Waals surface area contributed by atoms with Crippen LogP contribution in [-0.2, 0) is 6.42 Å². The summed E-state index contributed by atoms with van der Waals surface area (Å²) in [7, 11) is 0. The molecule has 1 heterocycles. The van der Waals surface area contributed by atoms with E-state index in [-0.39, 0.29) is 17.6 Å². The molecular weight excluding hydrogens is 488 g/mol. The number of anilines is 1. The predicted octanol–water partition coefficient (Wildman–Crippen LogP) is 7.50. The van der Waals surface area contributed by atoms with Crippen molar-refractivity contribution in [1.82, 2.24) is 14.9 Å². The Hall–Kier alpha value is -4.13. The molecule has 3 aromatic carbocycles. The minimum absolute atomic E-state index is 0.171. The van der Waals surface area contributed by atoms with Crippen LogP contribution in [0.25, 0.3) is 27.8 Å². The van der Waals surface area contributed by atoms with Crippen molar-refractivity contribution in [1.29, 1.82) is 0 Å². The van der Waals surface area contributed by atoms with Crippen molar-refractivity contribution in [3.05, 3.63) is 77.6 Å². The largest absolute Gasteiger partial charge is 0.478 e. The molecule has 3 N–H and O–H groups in total. The Morgan fingerprint density at radius 1 is 1.00 bits per heavy atom. The second kappa shape index (κ2) is 11.7. The number of nitrogens with zero attached hydrogens (tertiary/aromatic N) is 2. The molecule has 1 saturated carbocycles. The van der Waals surface area contributed by atoms with Gasteiger partial charge >= 0.3 is 12.0 Å². The van der Waals surface area contributed by atoms with Crippen LogP contribution in [0, 0.1) is 6.92 Å². The predicted molar refractivity (Wildman–Crippen MR) is 156 cm³/mol. The van der Waals surface area contributed by atoms with Crippen molar-refractivity contribution in [2.75, 3.05) is 5.32 Å². The molecule has 5 rings (SSSR count). The second-order valence-electron chi connectivity index (χ2n) is 10.5. The maximum atomic E-state index is 12.7. The molecular formula is C32H36N4O3. The molecule has 0 atom stereocenters. The average molecular weight is 525 g/mol. The van der Waals surface area contributed by atoms with E-state index in [1.807, 2.05) is 49.4 Å². The molecule has 4 aromatic rings. The molecule has 7 nitrogen and oxygen atoms in total. The number of benzene rings is 3. The first-order valence-electron chi connectivity index (χ1n) is 14.0. The molecule has 1 aromatic heterocycles. The number of nitrogens with one attached hydrogen (secondary N) is 2. The number of unbranched alkanes of at least 4 members (excludes halogenated alkanes) is 1. The number of carbonyl (C=O) groups excluding carboxylic acids is 1. The highest BCUT2D eigenvalue weighted by Gasteiger charge is 2.18. The van der Waals surface area contributed by atoms with Crippen molar-refractivity contribution < 1.29 is 14.7 Å². The lowest BCUT2D eigenvalue weighted by atomic mass is 9.95. The highest BCUT2D eigenvalue weighted by molar-refractivity contribution is 5.96. The molecule has 1 aliphatic rings. The lowest BCUT2D eigenvalue weighted by Gasteiger charge is -2.22. The van der Waals surface area contributed by atoms with E-state index < -0.39 is 5.97 Å². The summed E-state index contributed by atoms with van der Waals surface area (Å²) in [6.07, 6.45) is 8.54. The molecule has 0 spiro atoms. The first-order chi connectivity index (χ1) is 18.9. The number of carboxylic acids is 1. The quantitative estimate of drug-likeness (QED) is 0.222. The van der Waals surface area contributed by atoms with E-state index in [0.717, 1.165) is 84.3 Å². The Labute approximate surface area is 229 Å². The summed E-state index contributed by atoms with van der Waals surface area (Å²) in [6, 6.07) is 19.1. The van der Waals surface area contributed by atoms with E-state index in [9.17, 15) is 14.7 Å². The molecule has 0 unspecified atom stereocenters. The Morgan fingerprint density at radius 3 is 2.54 bits per heavy atom. The van der Waals surface area contributed by atoms with Gasteiger partial charge in [0.15, 0.2) is 0 Å². The Kier molecular flexibility index (Phi) is 7.96. The van der Waals surface area contributed by atoms with Crippen LogP contribution in [0.5, 0.6) is 0 Å². The first-order valence-corrected chi connectivity index (χ1v) is 14.0. The number of urea groups is 1. The van der Waals surface area contributed by atoms with Crippen LogP contribution < -0.4 is 10.6 Å². The average Bonchev–Trinajstić information content (AvgIpc) is 3.29. The zero-order valence-electron chi connectivity index (χ0n) is 22.7. The number of hydrogen-bond donors (Lipinski definition) is 3. The van der Waals surface area contributed by atoms with Crippen LogP contribution in [0.3, 0.4) is 0 Å². The molecule has 0 aliphatic heterocycles. The highest BCUT2D eigenvalue weighted by atomic mass is 16.4. The van der Waals surface area contributed by atoms with Gasteiger partial charge in [-0.2, -0.15) is 0 Å². The lowest BCUT2D eigenvalue weighted by molar-refractivity contribution is 0.0697. The monoisotopic (exact) mass is 524 g/mol. The third kappa shape index (κ3) is 5.82. The number of carbonyl (C=O) groups is 2. The summed E-state index contributed by atoms with van der Waals surface area (Å²) >= 11 is 0. The van der Waals surface area contributed by atoms with E-state index >= 15 is 0 Å². The van der Waals surface area contributed by atoms with E-state index in [4.69, 9.17) is 4.98 Å². The van der Waals surface area contributed by atoms with E-state index in [0.29, 0.717) is 5.56 Å². The minimum atomic E-state index is -0.941. The van der Waals surface area contributed by atoms with Gasteiger partial charge in [-0.25, -0.2) is 14.6 Å². The van der Waals surface area contributed by atoms with Gasteiger partial charge < -0.3 is 15.7 Å². The Morgan fingerprint density at radius 2 is 1.79 bits per heavy atom.